The molecule has 18 heavy (non-hydrogen) atoms. The average Bonchev–Trinajstić information content (AvgIpc) is 2.35. The molecule has 0 radical (unpaired) electrons. The quantitative estimate of drug-likeness (QED) is 0.803. The third-order valence-electron chi connectivity index (χ3n) is 2.91. The second-order valence-electron chi connectivity index (χ2n) is 4.26. The van der Waals surface area contributed by atoms with Crippen LogP contribution in [0.15, 0.2) is 24.3 Å². The number of carbonyl (C=O) groups excluding carboxylic acids is 1. The molecular formula is C14H21ClN2O. The van der Waals surface area contributed by atoms with Crippen molar-refractivity contribution in [1.29, 1.82) is 0 Å². The average molecular weight is 269 g/mol. The molecule has 4 heteroatoms. The van der Waals surface area contributed by atoms with E-state index in [1.807, 2.05) is 24.3 Å². The largest absolute Gasteiger partial charge is 0.326 e. The SMILES string of the molecule is CCN(CC)CC(Cl)c1ccc(NC(C)=O)cc1. The molecule has 3 nitrogen and oxygen atoms in total. The zero-order chi connectivity index (χ0) is 13.5. The van der Waals surface area contributed by atoms with E-state index in [0.29, 0.717) is 0 Å². The molecule has 1 unspecified atom stereocenters. The van der Waals surface area contributed by atoms with Gasteiger partial charge in [-0.3, -0.25) is 4.79 Å². The first kappa shape index (κ1) is 15.0. The molecule has 0 fully saturated rings. The lowest BCUT2D eigenvalue weighted by Gasteiger charge is -2.21. The van der Waals surface area contributed by atoms with Crippen molar-refractivity contribution in [2.75, 3.05) is 25.0 Å². The fourth-order valence-corrected chi connectivity index (χ4v) is 2.13. The van der Waals surface area contributed by atoms with Crippen LogP contribution in [0, 0.1) is 0 Å². The molecule has 1 aromatic carbocycles. The Bertz CT molecular complexity index is 374. The van der Waals surface area contributed by atoms with Gasteiger partial charge in [0, 0.05) is 19.2 Å². The standard InChI is InChI=1S/C14H21ClN2O/c1-4-17(5-2)10-14(15)12-6-8-13(9-7-12)16-11(3)18/h6-9,14H,4-5,10H2,1-3H3,(H,16,18). The van der Waals surface area contributed by atoms with Gasteiger partial charge in [0.1, 0.15) is 0 Å². The first-order valence-corrected chi connectivity index (χ1v) is 6.74. The van der Waals surface area contributed by atoms with Gasteiger partial charge in [-0.15, -0.1) is 11.6 Å². The number of benzene rings is 1. The minimum atomic E-state index is -0.0617. The summed E-state index contributed by atoms with van der Waals surface area (Å²) in [6.45, 7) is 8.61. The molecule has 100 valence electrons. The number of carbonyl (C=O) groups is 1. The summed E-state index contributed by atoms with van der Waals surface area (Å²) in [5.74, 6) is -0.0617. The molecule has 1 N–H and O–H groups in total. The summed E-state index contributed by atoms with van der Waals surface area (Å²) in [5.41, 5.74) is 1.88. The summed E-state index contributed by atoms with van der Waals surface area (Å²) in [4.78, 5) is 13.2. The molecule has 0 aliphatic carbocycles. The van der Waals surface area contributed by atoms with Crippen LogP contribution < -0.4 is 5.32 Å². The van der Waals surface area contributed by atoms with E-state index in [0.717, 1.165) is 30.9 Å². The number of likely N-dealkylation sites (N-methyl/N-ethyl adjacent to an activating group) is 1. The maximum absolute atomic E-state index is 10.9. The highest BCUT2D eigenvalue weighted by molar-refractivity contribution is 6.21. The van der Waals surface area contributed by atoms with Crippen LogP contribution in [-0.4, -0.2) is 30.4 Å². The lowest BCUT2D eigenvalue weighted by atomic mass is 10.1. The Morgan fingerprint density at radius 2 is 1.83 bits per heavy atom. The summed E-state index contributed by atoms with van der Waals surface area (Å²) in [6, 6.07) is 7.70. The predicted octanol–water partition coefficient (Wildman–Crippen LogP) is 3.27. The summed E-state index contributed by atoms with van der Waals surface area (Å²) in [5, 5.41) is 2.72. The fraction of sp³-hybridized carbons (Fsp3) is 0.500. The van der Waals surface area contributed by atoms with Crippen LogP contribution in [0.1, 0.15) is 31.7 Å². The van der Waals surface area contributed by atoms with Crippen molar-refractivity contribution in [3.8, 4) is 0 Å². The highest BCUT2D eigenvalue weighted by atomic mass is 35.5. The van der Waals surface area contributed by atoms with Gasteiger partial charge in [0.05, 0.1) is 5.38 Å². The van der Waals surface area contributed by atoms with Gasteiger partial charge in [0.2, 0.25) is 5.91 Å². The Hall–Kier alpha value is -1.06. The third kappa shape index (κ3) is 4.67. The molecule has 1 atom stereocenters. The predicted molar refractivity (Wildman–Crippen MR) is 77.1 cm³/mol. The maximum atomic E-state index is 10.9. The van der Waals surface area contributed by atoms with Crippen molar-refractivity contribution in [2.24, 2.45) is 0 Å². The van der Waals surface area contributed by atoms with Crippen molar-refractivity contribution in [3.05, 3.63) is 29.8 Å². The van der Waals surface area contributed by atoms with Gasteiger partial charge >= 0.3 is 0 Å². The van der Waals surface area contributed by atoms with Crippen molar-refractivity contribution < 1.29 is 4.79 Å². The number of amides is 1. The summed E-state index contributed by atoms with van der Waals surface area (Å²) in [6.07, 6.45) is 0. The fourth-order valence-electron chi connectivity index (χ4n) is 1.79. The van der Waals surface area contributed by atoms with Crippen molar-refractivity contribution in [1.82, 2.24) is 4.90 Å². The van der Waals surface area contributed by atoms with Gasteiger partial charge in [0.15, 0.2) is 0 Å². The number of alkyl halides is 1. The number of hydrogen-bond donors (Lipinski definition) is 1. The highest BCUT2D eigenvalue weighted by Crippen LogP contribution is 2.23. The summed E-state index contributed by atoms with van der Waals surface area (Å²) < 4.78 is 0. The Balaban J connectivity index is 2.63. The van der Waals surface area contributed by atoms with E-state index < -0.39 is 0 Å². The van der Waals surface area contributed by atoms with Gasteiger partial charge in [0.25, 0.3) is 0 Å². The van der Waals surface area contributed by atoms with E-state index in [4.69, 9.17) is 11.6 Å². The Morgan fingerprint density at radius 1 is 1.28 bits per heavy atom. The van der Waals surface area contributed by atoms with E-state index in [2.05, 4.69) is 24.1 Å². The third-order valence-corrected chi connectivity index (χ3v) is 3.30. The molecule has 0 heterocycles. The molecule has 0 aromatic heterocycles. The normalized spacial score (nSPS) is 12.5. The van der Waals surface area contributed by atoms with Gasteiger partial charge in [-0.1, -0.05) is 26.0 Å². The minimum absolute atomic E-state index is 0.0173. The van der Waals surface area contributed by atoms with Crippen LogP contribution in [0.2, 0.25) is 0 Å². The maximum Gasteiger partial charge on any atom is 0.221 e. The topological polar surface area (TPSA) is 32.3 Å². The number of hydrogen-bond acceptors (Lipinski definition) is 2. The first-order valence-electron chi connectivity index (χ1n) is 6.30. The van der Waals surface area contributed by atoms with E-state index in [9.17, 15) is 4.79 Å². The van der Waals surface area contributed by atoms with E-state index in [1.165, 1.54) is 6.92 Å². The molecule has 0 saturated heterocycles. The Morgan fingerprint density at radius 3 is 2.28 bits per heavy atom. The van der Waals surface area contributed by atoms with Crippen LogP contribution in [0.4, 0.5) is 5.69 Å². The molecule has 0 aliphatic heterocycles. The number of halogens is 1. The number of rotatable bonds is 6. The first-order chi connectivity index (χ1) is 8.56. The van der Waals surface area contributed by atoms with Crippen molar-refractivity contribution in [2.45, 2.75) is 26.1 Å². The highest BCUT2D eigenvalue weighted by Gasteiger charge is 2.11. The zero-order valence-electron chi connectivity index (χ0n) is 11.2. The monoisotopic (exact) mass is 268 g/mol. The van der Waals surface area contributed by atoms with Gasteiger partial charge in [-0.2, -0.15) is 0 Å². The van der Waals surface area contributed by atoms with Crippen molar-refractivity contribution >= 4 is 23.2 Å². The van der Waals surface area contributed by atoms with E-state index in [1.54, 1.807) is 0 Å². The van der Waals surface area contributed by atoms with Gasteiger partial charge in [-0.25, -0.2) is 0 Å². The Kier molecular flexibility index (Phi) is 6.16. The molecule has 0 spiro atoms. The van der Waals surface area contributed by atoms with Gasteiger partial charge in [-0.05, 0) is 30.8 Å². The molecule has 1 rings (SSSR count). The lowest BCUT2D eigenvalue weighted by molar-refractivity contribution is -0.114. The van der Waals surface area contributed by atoms with Crippen LogP contribution in [0.3, 0.4) is 0 Å². The zero-order valence-corrected chi connectivity index (χ0v) is 12.0. The Labute approximate surface area is 114 Å². The minimum Gasteiger partial charge on any atom is -0.326 e. The second-order valence-corrected chi connectivity index (χ2v) is 4.78. The summed E-state index contributed by atoms with van der Waals surface area (Å²) >= 11 is 6.39. The van der Waals surface area contributed by atoms with E-state index >= 15 is 0 Å². The number of nitrogens with one attached hydrogen (secondary N) is 1. The molecule has 0 aliphatic rings. The van der Waals surface area contributed by atoms with Crippen LogP contribution in [-0.2, 0) is 4.79 Å². The van der Waals surface area contributed by atoms with Gasteiger partial charge < -0.3 is 10.2 Å². The van der Waals surface area contributed by atoms with Crippen LogP contribution in [0.25, 0.3) is 0 Å². The van der Waals surface area contributed by atoms with E-state index in [-0.39, 0.29) is 11.3 Å². The molecule has 0 saturated carbocycles. The van der Waals surface area contributed by atoms with Crippen LogP contribution >= 0.6 is 11.6 Å². The lowest BCUT2D eigenvalue weighted by Crippen LogP contribution is -2.26. The molecule has 1 aromatic rings. The van der Waals surface area contributed by atoms with Crippen molar-refractivity contribution in [3.63, 3.8) is 0 Å². The second kappa shape index (κ2) is 7.39. The summed E-state index contributed by atoms with van der Waals surface area (Å²) in [7, 11) is 0. The smallest absolute Gasteiger partial charge is 0.221 e. The molecule has 0 bridgehead atoms. The molecular weight excluding hydrogens is 248 g/mol. The number of nitrogens with zero attached hydrogens (tertiary/aromatic N) is 1. The molecule has 1 amide bonds. The van der Waals surface area contributed by atoms with Crippen LogP contribution in [0.5, 0.6) is 0 Å². The number of anilines is 1.